The lowest BCUT2D eigenvalue weighted by atomic mass is 9.94. The van der Waals surface area contributed by atoms with Gasteiger partial charge in [-0.3, -0.25) is 0 Å². The van der Waals surface area contributed by atoms with Crippen molar-refractivity contribution in [1.29, 1.82) is 0 Å². The fourth-order valence-electron chi connectivity index (χ4n) is 3.18. The summed E-state index contributed by atoms with van der Waals surface area (Å²) in [6.07, 6.45) is 0.757. The lowest BCUT2D eigenvalue weighted by molar-refractivity contribution is -0.142. The number of likely N-dealkylation sites (N-methyl/N-ethyl adjacent to an activating group) is 1. The highest BCUT2D eigenvalue weighted by Gasteiger charge is 2.10. The molecule has 0 aliphatic heterocycles. The van der Waals surface area contributed by atoms with E-state index in [0.29, 0.717) is 12.4 Å². The van der Waals surface area contributed by atoms with E-state index in [9.17, 15) is 4.79 Å². The van der Waals surface area contributed by atoms with E-state index in [1.54, 1.807) is 0 Å². The fraction of sp³-hybridized carbons (Fsp3) is 0.269. The molecule has 0 amide bonds. The number of hydrogen-bond donors (Lipinski definition) is 0. The van der Waals surface area contributed by atoms with Crippen molar-refractivity contribution in [2.75, 3.05) is 41.0 Å². The Hall–Kier alpha value is -3.31. The number of methoxy groups -OCH3 is 1. The molecule has 3 aromatic rings. The molecule has 0 fully saturated rings. The first kappa shape index (κ1) is 22.4. The molecule has 0 bridgehead atoms. The first-order valence-electron chi connectivity index (χ1n) is 10.3. The molecule has 0 saturated carbocycles. The number of carbonyl (C=O) groups excluding carboxylic acids is 1. The van der Waals surface area contributed by atoms with Crippen molar-refractivity contribution in [3.05, 3.63) is 83.9 Å². The molecule has 5 heteroatoms. The molecule has 0 heterocycles. The summed E-state index contributed by atoms with van der Waals surface area (Å²) in [5, 5.41) is 0. The van der Waals surface area contributed by atoms with Gasteiger partial charge in [-0.25, -0.2) is 4.79 Å². The maximum Gasteiger partial charge on any atom is 0.343 e. The standard InChI is InChI=1S/C26H29NO4/c1-27(2)15-16-30-23-11-9-21(10-12-23)25-14-13-24(31-19-26(28)29-3)18-22(25)17-20-7-5-4-6-8-20/h4-14,18H,15-17,19H2,1-3H3. The van der Waals surface area contributed by atoms with Gasteiger partial charge in [-0.1, -0.05) is 48.5 Å². The minimum atomic E-state index is -0.404. The molecule has 0 aliphatic rings. The molecule has 0 radical (unpaired) electrons. The maximum atomic E-state index is 11.4. The zero-order valence-corrected chi connectivity index (χ0v) is 18.3. The molecule has 0 atom stereocenters. The van der Waals surface area contributed by atoms with Crippen LogP contribution in [-0.4, -0.2) is 51.8 Å². The van der Waals surface area contributed by atoms with Gasteiger partial charge in [0.1, 0.15) is 18.1 Å². The second kappa shape index (κ2) is 11.2. The Morgan fingerprint density at radius 2 is 1.58 bits per heavy atom. The number of rotatable bonds is 10. The van der Waals surface area contributed by atoms with Crippen molar-refractivity contribution < 1.29 is 19.0 Å². The second-order valence-electron chi connectivity index (χ2n) is 7.52. The van der Waals surface area contributed by atoms with Crippen LogP contribution in [0.4, 0.5) is 0 Å². The Kier molecular flexibility index (Phi) is 8.07. The lowest BCUT2D eigenvalue weighted by Gasteiger charge is -2.14. The Morgan fingerprint density at radius 3 is 2.26 bits per heavy atom. The summed E-state index contributed by atoms with van der Waals surface area (Å²) in [7, 11) is 5.40. The summed E-state index contributed by atoms with van der Waals surface area (Å²) in [5.74, 6) is 1.09. The predicted octanol–water partition coefficient (Wildman–Crippen LogP) is 4.44. The molecule has 0 unspecified atom stereocenters. The average Bonchev–Trinajstić information content (AvgIpc) is 2.78. The zero-order valence-electron chi connectivity index (χ0n) is 18.3. The minimum absolute atomic E-state index is 0.111. The molecule has 0 spiro atoms. The van der Waals surface area contributed by atoms with Crippen molar-refractivity contribution in [1.82, 2.24) is 4.90 Å². The highest BCUT2D eigenvalue weighted by atomic mass is 16.6. The third kappa shape index (κ3) is 6.86. The van der Waals surface area contributed by atoms with E-state index in [0.717, 1.165) is 35.4 Å². The smallest absolute Gasteiger partial charge is 0.343 e. The summed E-state index contributed by atoms with van der Waals surface area (Å²) < 4.78 is 16.1. The van der Waals surface area contributed by atoms with E-state index in [1.807, 2.05) is 62.6 Å². The van der Waals surface area contributed by atoms with Crippen LogP contribution in [0.1, 0.15) is 11.1 Å². The zero-order chi connectivity index (χ0) is 22.1. The third-order valence-electron chi connectivity index (χ3n) is 4.87. The molecule has 5 nitrogen and oxygen atoms in total. The number of nitrogens with zero attached hydrogens (tertiary/aromatic N) is 1. The molecule has 3 rings (SSSR count). The van der Waals surface area contributed by atoms with Crippen LogP contribution in [0.3, 0.4) is 0 Å². The maximum absolute atomic E-state index is 11.4. The molecule has 0 saturated heterocycles. The van der Waals surface area contributed by atoms with Crippen molar-refractivity contribution in [2.45, 2.75) is 6.42 Å². The van der Waals surface area contributed by atoms with E-state index in [-0.39, 0.29) is 6.61 Å². The lowest BCUT2D eigenvalue weighted by Crippen LogP contribution is -2.19. The molecule has 0 aromatic heterocycles. The topological polar surface area (TPSA) is 48.0 Å². The van der Waals surface area contributed by atoms with Gasteiger partial charge in [-0.15, -0.1) is 0 Å². The molecule has 3 aromatic carbocycles. The number of hydrogen-bond acceptors (Lipinski definition) is 5. The second-order valence-corrected chi connectivity index (χ2v) is 7.52. The van der Waals surface area contributed by atoms with Crippen LogP contribution in [0, 0.1) is 0 Å². The summed E-state index contributed by atoms with van der Waals surface area (Å²) in [5.41, 5.74) is 4.55. The fourth-order valence-corrected chi connectivity index (χ4v) is 3.18. The average molecular weight is 420 g/mol. The van der Waals surface area contributed by atoms with Gasteiger partial charge in [0.05, 0.1) is 7.11 Å². The van der Waals surface area contributed by atoms with Gasteiger partial charge in [-0.05, 0) is 67.0 Å². The Labute approximate surface area is 184 Å². The quantitative estimate of drug-likeness (QED) is 0.455. The number of ether oxygens (including phenoxy) is 3. The molecule has 31 heavy (non-hydrogen) atoms. The van der Waals surface area contributed by atoms with E-state index in [1.165, 1.54) is 12.7 Å². The van der Waals surface area contributed by atoms with E-state index in [2.05, 4.69) is 33.9 Å². The highest BCUT2D eigenvalue weighted by Crippen LogP contribution is 2.30. The Morgan fingerprint density at radius 1 is 0.871 bits per heavy atom. The molecule has 162 valence electrons. The van der Waals surface area contributed by atoms with Gasteiger partial charge in [-0.2, -0.15) is 0 Å². The van der Waals surface area contributed by atoms with Gasteiger partial charge in [0.25, 0.3) is 0 Å². The van der Waals surface area contributed by atoms with Gasteiger partial charge in [0.2, 0.25) is 0 Å². The van der Waals surface area contributed by atoms with Crippen LogP contribution in [0.25, 0.3) is 11.1 Å². The summed E-state index contributed by atoms with van der Waals surface area (Å²) >= 11 is 0. The van der Waals surface area contributed by atoms with Gasteiger partial charge >= 0.3 is 5.97 Å². The van der Waals surface area contributed by atoms with Crippen molar-refractivity contribution in [2.24, 2.45) is 0 Å². The molecular weight excluding hydrogens is 390 g/mol. The van der Waals surface area contributed by atoms with Crippen molar-refractivity contribution in [3.8, 4) is 22.6 Å². The van der Waals surface area contributed by atoms with Crippen LogP contribution in [0.15, 0.2) is 72.8 Å². The van der Waals surface area contributed by atoms with Crippen LogP contribution in [0.5, 0.6) is 11.5 Å². The Balaban J connectivity index is 1.82. The van der Waals surface area contributed by atoms with Gasteiger partial charge in [0, 0.05) is 6.54 Å². The highest BCUT2D eigenvalue weighted by molar-refractivity contribution is 5.72. The van der Waals surface area contributed by atoms with Crippen LogP contribution < -0.4 is 9.47 Å². The van der Waals surface area contributed by atoms with Crippen LogP contribution in [-0.2, 0) is 16.0 Å². The number of esters is 1. The summed E-state index contributed by atoms with van der Waals surface area (Å²) in [4.78, 5) is 13.5. The summed E-state index contributed by atoms with van der Waals surface area (Å²) in [6, 6.07) is 24.3. The third-order valence-corrected chi connectivity index (χ3v) is 4.87. The Bertz CT molecular complexity index is 968. The van der Waals surface area contributed by atoms with E-state index in [4.69, 9.17) is 9.47 Å². The normalized spacial score (nSPS) is 10.7. The van der Waals surface area contributed by atoms with Crippen LogP contribution in [0.2, 0.25) is 0 Å². The van der Waals surface area contributed by atoms with E-state index >= 15 is 0 Å². The van der Waals surface area contributed by atoms with Crippen LogP contribution >= 0.6 is 0 Å². The van der Waals surface area contributed by atoms with Crippen molar-refractivity contribution in [3.63, 3.8) is 0 Å². The number of benzene rings is 3. The van der Waals surface area contributed by atoms with E-state index < -0.39 is 5.97 Å². The number of carbonyl (C=O) groups is 1. The first-order valence-corrected chi connectivity index (χ1v) is 10.3. The van der Waals surface area contributed by atoms with Gasteiger partial charge < -0.3 is 19.1 Å². The van der Waals surface area contributed by atoms with Crippen molar-refractivity contribution >= 4 is 5.97 Å². The minimum Gasteiger partial charge on any atom is -0.492 e. The summed E-state index contributed by atoms with van der Waals surface area (Å²) in [6.45, 7) is 1.41. The van der Waals surface area contributed by atoms with Gasteiger partial charge in [0.15, 0.2) is 6.61 Å². The SMILES string of the molecule is COC(=O)COc1ccc(-c2ccc(OCCN(C)C)cc2)c(Cc2ccccc2)c1. The predicted molar refractivity (Wildman–Crippen MR) is 123 cm³/mol. The largest absolute Gasteiger partial charge is 0.492 e. The monoisotopic (exact) mass is 419 g/mol. The molecule has 0 N–H and O–H groups in total. The first-order chi connectivity index (χ1) is 15.0. The molecule has 0 aliphatic carbocycles. The molecular formula is C26H29NO4.